The van der Waals surface area contributed by atoms with Crippen LogP contribution in [0.3, 0.4) is 0 Å². The molecule has 0 spiro atoms. The molecule has 0 radical (unpaired) electrons. The van der Waals surface area contributed by atoms with E-state index in [2.05, 4.69) is 19.2 Å². The molecule has 0 bridgehead atoms. The summed E-state index contributed by atoms with van der Waals surface area (Å²) in [5, 5.41) is 0.490. The molecule has 1 rings (SSSR count). The molecule has 13 heavy (non-hydrogen) atoms. The molecule has 0 atom stereocenters. The maximum atomic E-state index is 11.4. The van der Waals surface area contributed by atoms with Crippen LogP contribution >= 0.6 is 24.2 Å². The summed E-state index contributed by atoms with van der Waals surface area (Å²) >= 11 is 9.31. The Morgan fingerprint density at radius 2 is 1.77 bits per heavy atom. The van der Waals surface area contributed by atoms with Gasteiger partial charge in [0, 0.05) is 5.02 Å². The fraction of sp³-hybridized carbons (Fsp3) is 0. The van der Waals surface area contributed by atoms with E-state index in [9.17, 15) is 8.42 Å². The highest BCUT2D eigenvalue weighted by Crippen LogP contribution is 2.21. The molecule has 0 fully saturated rings. The Hall–Kier alpha value is -0.450. The van der Waals surface area contributed by atoms with Crippen LogP contribution in [0.25, 0.3) is 0 Å². The zero-order valence-electron chi connectivity index (χ0n) is 6.57. The van der Waals surface area contributed by atoms with E-state index in [4.69, 9.17) is 11.6 Å². The highest BCUT2D eigenvalue weighted by Gasteiger charge is 2.15. The Bertz CT molecular complexity index is 420. The zero-order chi connectivity index (χ0) is 10.1. The summed E-state index contributed by atoms with van der Waals surface area (Å²) in [6.45, 7) is 3.27. The molecule has 5 heteroatoms. The van der Waals surface area contributed by atoms with Crippen molar-refractivity contribution >= 4 is 34.1 Å². The third-order valence-corrected chi connectivity index (χ3v) is 3.92. The Morgan fingerprint density at radius 1 is 1.31 bits per heavy atom. The number of hydrogen-bond donors (Lipinski definition) is 1. The van der Waals surface area contributed by atoms with Crippen LogP contribution in [0.2, 0.25) is 5.02 Å². The zero-order valence-corrected chi connectivity index (χ0v) is 9.03. The number of hydrogen-bond acceptors (Lipinski definition) is 3. The number of sulfone groups is 1. The van der Waals surface area contributed by atoms with E-state index in [1.165, 1.54) is 24.3 Å². The molecule has 0 amide bonds. The van der Waals surface area contributed by atoms with E-state index < -0.39 is 9.84 Å². The average molecular weight is 235 g/mol. The van der Waals surface area contributed by atoms with Gasteiger partial charge in [-0.25, -0.2) is 8.42 Å². The van der Waals surface area contributed by atoms with E-state index >= 15 is 0 Å². The van der Waals surface area contributed by atoms with Gasteiger partial charge in [-0.3, -0.25) is 0 Å². The van der Waals surface area contributed by atoms with Gasteiger partial charge in [0.2, 0.25) is 9.84 Å². The van der Waals surface area contributed by atoms with Crippen LogP contribution in [0.4, 0.5) is 0 Å². The average Bonchev–Trinajstić information content (AvgIpc) is 2.04. The first-order valence-electron chi connectivity index (χ1n) is 3.33. The maximum absolute atomic E-state index is 11.4. The Kier molecular flexibility index (Phi) is 3.05. The fourth-order valence-corrected chi connectivity index (χ4v) is 1.96. The van der Waals surface area contributed by atoms with Crippen molar-refractivity contribution in [2.75, 3.05) is 0 Å². The number of rotatable bonds is 2. The monoisotopic (exact) mass is 234 g/mol. The van der Waals surface area contributed by atoms with E-state index in [1.807, 2.05) is 0 Å². The molecule has 0 unspecified atom stereocenters. The fourth-order valence-electron chi connectivity index (χ4n) is 0.750. The van der Waals surface area contributed by atoms with Crippen LogP contribution in [-0.4, -0.2) is 8.42 Å². The van der Waals surface area contributed by atoms with Gasteiger partial charge in [-0.15, -0.1) is 12.6 Å². The molecule has 1 aromatic carbocycles. The maximum Gasteiger partial charge on any atom is 0.211 e. The Labute approximate surface area is 87.6 Å². The summed E-state index contributed by atoms with van der Waals surface area (Å²) < 4.78 is 22.7. The van der Waals surface area contributed by atoms with Crippen molar-refractivity contribution in [3.8, 4) is 0 Å². The Morgan fingerprint density at radius 3 is 2.15 bits per heavy atom. The summed E-state index contributed by atoms with van der Waals surface area (Å²) in [4.78, 5) is 0.150. The van der Waals surface area contributed by atoms with Gasteiger partial charge in [0.05, 0.1) is 9.13 Å². The molecule has 0 aliphatic rings. The van der Waals surface area contributed by atoms with Crippen LogP contribution in [0.1, 0.15) is 0 Å². The normalized spacial score (nSPS) is 11.2. The van der Waals surface area contributed by atoms with Crippen LogP contribution < -0.4 is 0 Å². The lowest BCUT2D eigenvalue weighted by atomic mass is 10.4. The molecular weight excluding hydrogens is 228 g/mol. The molecule has 70 valence electrons. The number of benzene rings is 1. The molecule has 0 aliphatic heterocycles. The largest absolute Gasteiger partial charge is 0.218 e. The van der Waals surface area contributed by atoms with E-state index in [0.29, 0.717) is 5.02 Å². The van der Waals surface area contributed by atoms with Gasteiger partial charge in [0.25, 0.3) is 0 Å². The molecule has 0 aliphatic carbocycles. The van der Waals surface area contributed by atoms with Gasteiger partial charge >= 0.3 is 0 Å². The van der Waals surface area contributed by atoms with Crippen molar-refractivity contribution in [2.24, 2.45) is 0 Å². The minimum absolute atomic E-state index is 0.150. The molecule has 0 N–H and O–H groups in total. The van der Waals surface area contributed by atoms with Gasteiger partial charge in [0.15, 0.2) is 0 Å². The summed E-state index contributed by atoms with van der Waals surface area (Å²) in [5.74, 6) is 0. The van der Waals surface area contributed by atoms with Crippen LogP contribution in [0.5, 0.6) is 0 Å². The lowest BCUT2D eigenvalue weighted by molar-refractivity contribution is 0.604. The smallest absolute Gasteiger partial charge is 0.211 e. The second-order valence-electron chi connectivity index (χ2n) is 2.35. The molecule has 0 heterocycles. The van der Waals surface area contributed by atoms with Gasteiger partial charge in [-0.05, 0) is 24.3 Å². The van der Waals surface area contributed by atoms with Crippen molar-refractivity contribution in [1.82, 2.24) is 0 Å². The van der Waals surface area contributed by atoms with Crippen LogP contribution in [-0.2, 0) is 9.84 Å². The third-order valence-electron chi connectivity index (χ3n) is 1.43. The minimum Gasteiger partial charge on any atom is -0.218 e. The van der Waals surface area contributed by atoms with E-state index in [-0.39, 0.29) is 9.13 Å². The highest BCUT2D eigenvalue weighted by molar-refractivity contribution is 8.10. The SMILES string of the molecule is C=C(S)S(=O)(=O)c1ccc(Cl)cc1. The quantitative estimate of drug-likeness (QED) is 0.798. The van der Waals surface area contributed by atoms with Gasteiger partial charge < -0.3 is 0 Å². The summed E-state index contributed by atoms with van der Waals surface area (Å²) in [7, 11) is -3.48. The number of thiol groups is 1. The third kappa shape index (κ3) is 2.27. The van der Waals surface area contributed by atoms with Gasteiger partial charge in [-0.1, -0.05) is 18.2 Å². The predicted octanol–water partition coefficient (Wildman–Crippen LogP) is 2.51. The molecule has 0 saturated heterocycles. The van der Waals surface area contributed by atoms with E-state index in [0.717, 1.165) is 0 Å². The van der Waals surface area contributed by atoms with Crippen LogP contribution in [0, 0.1) is 0 Å². The highest BCUT2D eigenvalue weighted by atomic mass is 35.5. The standard InChI is InChI=1S/C8H7ClO2S2/c1-6(12)13(10,11)8-4-2-7(9)3-5-8/h2-5,12H,1H2. The summed E-state index contributed by atoms with van der Waals surface area (Å²) in [6.07, 6.45) is 0. The summed E-state index contributed by atoms with van der Waals surface area (Å²) in [6, 6.07) is 5.84. The molecular formula is C8H7ClO2S2. The molecule has 1 aromatic rings. The lowest BCUT2D eigenvalue weighted by Crippen LogP contribution is -1.98. The second kappa shape index (κ2) is 3.74. The van der Waals surface area contributed by atoms with Gasteiger partial charge in [0.1, 0.15) is 0 Å². The topological polar surface area (TPSA) is 34.1 Å². The van der Waals surface area contributed by atoms with Crippen LogP contribution in [0.15, 0.2) is 40.0 Å². The first kappa shape index (κ1) is 10.6. The summed E-state index contributed by atoms with van der Waals surface area (Å²) in [5.41, 5.74) is 0. The first-order valence-corrected chi connectivity index (χ1v) is 5.64. The van der Waals surface area contributed by atoms with Crippen molar-refractivity contribution in [1.29, 1.82) is 0 Å². The lowest BCUT2D eigenvalue weighted by Gasteiger charge is -2.01. The Balaban J connectivity index is 3.25. The van der Waals surface area contributed by atoms with Crippen molar-refractivity contribution in [3.63, 3.8) is 0 Å². The van der Waals surface area contributed by atoms with Crippen molar-refractivity contribution in [3.05, 3.63) is 40.1 Å². The van der Waals surface area contributed by atoms with Gasteiger partial charge in [-0.2, -0.15) is 0 Å². The first-order chi connectivity index (χ1) is 5.94. The molecule has 0 saturated carbocycles. The van der Waals surface area contributed by atoms with E-state index in [1.54, 1.807) is 0 Å². The van der Waals surface area contributed by atoms with Crippen molar-refractivity contribution in [2.45, 2.75) is 4.90 Å². The molecule has 0 aromatic heterocycles. The predicted molar refractivity (Wildman–Crippen MR) is 56.8 cm³/mol. The minimum atomic E-state index is -3.48. The molecule has 2 nitrogen and oxygen atoms in total. The number of halogens is 1. The van der Waals surface area contributed by atoms with Crippen molar-refractivity contribution < 1.29 is 8.42 Å². The second-order valence-corrected chi connectivity index (χ2v) is 5.60.